The highest BCUT2D eigenvalue weighted by Gasteiger charge is 2.57. The lowest BCUT2D eigenvalue weighted by atomic mass is 9.59. The number of fused-ring (bicyclic) bond motifs is 3. The fourth-order valence-electron chi connectivity index (χ4n) is 7.32. The van der Waals surface area contributed by atoms with Crippen LogP contribution in [0.25, 0.3) is 0 Å². The maximum Gasteiger partial charge on any atom is 0.271 e. The molecule has 0 aromatic heterocycles. The third kappa shape index (κ3) is 4.65. The molecule has 1 heterocycles. The minimum absolute atomic E-state index is 0.0774. The van der Waals surface area contributed by atoms with Gasteiger partial charge in [0.25, 0.3) is 5.69 Å². The Hall–Kier alpha value is -5.64. The van der Waals surface area contributed by atoms with Crippen LogP contribution >= 0.6 is 0 Å². The fourth-order valence-corrected chi connectivity index (χ4v) is 7.32. The number of aromatic hydroxyl groups is 1. The SMILES string of the molecule is CC1=CC(=O)C2=C(C1=O)C(c1ccc(OCc3ccccc3)cc1O)C1=CCC3C(=O)N(c4cccc([N+](=O)[O-])c4)C(=O)C3C1C2. The molecule has 0 radical (unpaired) electrons. The first kappa shape index (κ1) is 29.1. The topological polar surface area (TPSA) is 144 Å². The molecule has 2 amide bonds. The molecule has 0 saturated carbocycles. The molecule has 7 rings (SSSR count). The van der Waals surface area contributed by atoms with E-state index in [0.29, 0.717) is 16.9 Å². The molecule has 1 N–H and O–H groups in total. The molecule has 0 spiro atoms. The first-order chi connectivity index (χ1) is 22.1. The number of carbonyl (C=O) groups is 4. The summed E-state index contributed by atoms with van der Waals surface area (Å²) in [6, 6.07) is 19.8. The van der Waals surface area contributed by atoms with Crippen molar-refractivity contribution in [2.75, 3.05) is 4.90 Å². The van der Waals surface area contributed by atoms with Crippen molar-refractivity contribution in [2.45, 2.75) is 32.3 Å². The average Bonchev–Trinajstić information content (AvgIpc) is 3.31. The minimum atomic E-state index is -0.853. The summed E-state index contributed by atoms with van der Waals surface area (Å²) in [7, 11) is 0. The zero-order valence-corrected chi connectivity index (χ0v) is 24.7. The largest absolute Gasteiger partial charge is 0.507 e. The minimum Gasteiger partial charge on any atom is -0.507 e. The van der Waals surface area contributed by atoms with Gasteiger partial charge in [-0.2, -0.15) is 0 Å². The van der Waals surface area contributed by atoms with E-state index in [-0.39, 0.29) is 64.9 Å². The van der Waals surface area contributed by atoms with Crippen molar-refractivity contribution in [2.24, 2.45) is 17.8 Å². The molecule has 10 nitrogen and oxygen atoms in total. The number of phenolic OH excluding ortho intramolecular Hbond substituents is 1. The standard InChI is InChI=1S/C36H28N2O8/c1-19-14-29(39)28-17-27-24(12-13-26-32(27)36(43)37(35(26)42)21-8-5-9-22(15-21)38(44)45)31(33(28)34(19)41)25-11-10-23(16-30(25)40)46-18-20-6-3-2-4-7-20/h2-12,14-16,26-27,31-32,40H,13,17-18H2,1H3. The first-order valence-electron chi connectivity index (χ1n) is 15.0. The summed E-state index contributed by atoms with van der Waals surface area (Å²) in [6.07, 6.45) is 3.42. The van der Waals surface area contributed by atoms with Crippen molar-refractivity contribution in [1.29, 1.82) is 0 Å². The molecule has 1 fully saturated rings. The summed E-state index contributed by atoms with van der Waals surface area (Å²) < 4.78 is 5.90. The van der Waals surface area contributed by atoms with Gasteiger partial charge >= 0.3 is 0 Å². The Morgan fingerprint density at radius 2 is 1.74 bits per heavy atom. The number of carbonyl (C=O) groups excluding carboxylic acids is 4. The summed E-state index contributed by atoms with van der Waals surface area (Å²) in [5.74, 6) is -4.37. The number of phenols is 1. The van der Waals surface area contributed by atoms with Crippen molar-refractivity contribution in [3.8, 4) is 11.5 Å². The van der Waals surface area contributed by atoms with Crippen LogP contribution < -0.4 is 9.64 Å². The highest BCUT2D eigenvalue weighted by molar-refractivity contribution is 6.25. The Morgan fingerprint density at radius 3 is 2.48 bits per heavy atom. The second-order valence-corrected chi connectivity index (χ2v) is 12.0. The molecule has 3 aromatic carbocycles. The van der Waals surface area contributed by atoms with Gasteiger partial charge in [-0.25, -0.2) is 4.90 Å². The van der Waals surface area contributed by atoms with Crippen LogP contribution in [0.4, 0.5) is 11.4 Å². The number of ketones is 2. The molecule has 3 aliphatic carbocycles. The van der Waals surface area contributed by atoms with Crippen molar-refractivity contribution in [1.82, 2.24) is 0 Å². The fraction of sp³-hybridized carbons (Fsp3) is 0.222. The van der Waals surface area contributed by atoms with E-state index in [9.17, 15) is 34.4 Å². The summed E-state index contributed by atoms with van der Waals surface area (Å²) in [4.78, 5) is 66.6. The van der Waals surface area contributed by atoms with E-state index in [0.717, 1.165) is 10.5 Å². The van der Waals surface area contributed by atoms with Crippen molar-refractivity contribution >= 4 is 34.8 Å². The van der Waals surface area contributed by atoms with Crippen molar-refractivity contribution in [3.63, 3.8) is 0 Å². The predicted molar refractivity (Wildman–Crippen MR) is 166 cm³/mol. The third-order valence-electron chi connectivity index (χ3n) is 9.42. The van der Waals surface area contributed by atoms with Gasteiger partial charge in [-0.3, -0.25) is 29.3 Å². The van der Waals surface area contributed by atoms with Crippen LogP contribution in [0.15, 0.2) is 107 Å². The van der Waals surface area contributed by atoms with Gasteiger partial charge in [0.15, 0.2) is 11.6 Å². The van der Waals surface area contributed by atoms with Crippen LogP contribution in [-0.4, -0.2) is 33.4 Å². The number of amides is 2. The van der Waals surface area contributed by atoms with Gasteiger partial charge in [0.1, 0.15) is 18.1 Å². The molecule has 4 atom stereocenters. The Bertz CT molecular complexity index is 1960. The Morgan fingerprint density at radius 1 is 0.957 bits per heavy atom. The normalized spacial score (nSPS) is 23.8. The van der Waals surface area contributed by atoms with Crippen LogP contribution in [0.1, 0.15) is 36.8 Å². The number of benzene rings is 3. The van der Waals surface area contributed by atoms with E-state index in [1.165, 1.54) is 36.4 Å². The maximum absolute atomic E-state index is 14.1. The molecule has 3 aromatic rings. The van der Waals surface area contributed by atoms with Gasteiger partial charge in [0.05, 0.1) is 22.4 Å². The summed E-state index contributed by atoms with van der Waals surface area (Å²) in [5.41, 5.74) is 2.70. The predicted octanol–water partition coefficient (Wildman–Crippen LogP) is 5.51. The van der Waals surface area contributed by atoms with E-state index >= 15 is 0 Å². The molecule has 4 unspecified atom stereocenters. The molecular formula is C36H28N2O8. The highest BCUT2D eigenvalue weighted by atomic mass is 16.6. The molecule has 230 valence electrons. The van der Waals surface area contributed by atoms with Crippen LogP contribution in [0, 0.1) is 27.9 Å². The number of nitro groups is 1. The number of rotatable bonds is 6. The summed E-state index contributed by atoms with van der Waals surface area (Å²) in [6.45, 7) is 1.86. The molecule has 46 heavy (non-hydrogen) atoms. The van der Waals surface area contributed by atoms with E-state index in [1.54, 1.807) is 19.1 Å². The lowest BCUT2D eigenvalue weighted by molar-refractivity contribution is -0.384. The number of hydrogen-bond acceptors (Lipinski definition) is 8. The number of anilines is 1. The molecule has 1 aliphatic heterocycles. The highest BCUT2D eigenvalue weighted by Crippen LogP contribution is 2.56. The Balaban J connectivity index is 1.28. The summed E-state index contributed by atoms with van der Waals surface area (Å²) in [5, 5.41) is 22.8. The van der Waals surface area contributed by atoms with Gasteiger partial charge in [-0.05, 0) is 49.5 Å². The van der Waals surface area contributed by atoms with Crippen LogP contribution in [0.2, 0.25) is 0 Å². The van der Waals surface area contributed by atoms with Crippen LogP contribution in [-0.2, 0) is 25.8 Å². The number of nitrogens with zero attached hydrogens (tertiary/aromatic N) is 2. The number of ether oxygens (including phenoxy) is 1. The number of hydrogen-bond donors (Lipinski definition) is 1. The zero-order chi connectivity index (χ0) is 32.3. The quantitative estimate of drug-likeness (QED) is 0.125. The second-order valence-electron chi connectivity index (χ2n) is 12.0. The number of Topliss-reactive ketones (excluding diaryl/α,β-unsaturated/α-hetero) is 1. The molecular weight excluding hydrogens is 588 g/mol. The molecule has 1 saturated heterocycles. The van der Waals surface area contributed by atoms with Crippen molar-refractivity contribution < 1.29 is 33.9 Å². The Labute approximate surface area is 263 Å². The third-order valence-corrected chi connectivity index (χ3v) is 9.42. The smallest absolute Gasteiger partial charge is 0.271 e. The Kier molecular flexibility index (Phi) is 7.00. The number of nitro benzene ring substituents is 1. The lowest BCUT2D eigenvalue weighted by Crippen LogP contribution is -2.39. The summed E-state index contributed by atoms with van der Waals surface area (Å²) >= 11 is 0. The van der Waals surface area contributed by atoms with Crippen LogP contribution in [0.3, 0.4) is 0 Å². The zero-order valence-electron chi connectivity index (χ0n) is 24.7. The molecule has 10 heteroatoms. The number of imide groups is 1. The second kappa shape index (κ2) is 11.1. The first-order valence-corrected chi connectivity index (χ1v) is 15.0. The maximum atomic E-state index is 14.1. The van der Waals surface area contributed by atoms with Gasteiger partial charge in [-0.1, -0.05) is 54.1 Å². The lowest BCUT2D eigenvalue weighted by Gasteiger charge is -2.42. The van der Waals surface area contributed by atoms with Gasteiger partial charge in [0.2, 0.25) is 11.8 Å². The monoisotopic (exact) mass is 616 g/mol. The van der Waals surface area contributed by atoms with Gasteiger partial charge < -0.3 is 9.84 Å². The van der Waals surface area contributed by atoms with Gasteiger partial charge in [0, 0.05) is 46.4 Å². The van der Waals surface area contributed by atoms with Crippen LogP contribution in [0.5, 0.6) is 11.5 Å². The van der Waals surface area contributed by atoms with E-state index in [4.69, 9.17) is 4.74 Å². The van der Waals surface area contributed by atoms with Gasteiger partial charge in [-0.15, -0.1) is 0 Å². The van der Waals surface area contributed by atoms with E-state index in [1.807, 2.05) is 36.4 Å². The average molecular weight is 617 g/mol. The van der Waals surface area contributed by atoms with Crippen molar-refractivity contribution in [3.05, 3.63) is 128 Å². The number of allylic oxidation sites excluding steroid dienone is 6. The van der Waals surface area contributed by atoms with E-state index < -0.39 is 40.4 Å². The number of non-ortho nitro benzene ring substituents is 1. The molecule has 4 aliphatic rings. The van der Waals surface area contributed by atoms with E-state index in [2.05, 4.69) is 0 Å². The molecule has 0 bridgehead atoms.